The van der Waals surface area contributed by atoms with Crippen LogP contribution in [0.1, 0.15) is 52.0 Å². The van der Waals surface area contributed by atoms with Gasteiger partial charge in [0.2, 0.25) is 11.8 Å². The van der Waals surface area contributed by atoms with E-state index in [-0.39, 0.29) is 30.1 Å². The van der Waals surface area contributed by atoms with Gasteiger partial charge < -0.3 is 15.4 Å². The summed E-state index contributed by atoms with van der Waals surface area (Å²) in [5, 5.41) is 8.87. The predicted molar refractivity (Wildman–Crippen MR) is 123 cm³/mol. The van der Waals surface area contributed by atoms with Gasteiger partial charge in [-0.2, -0.15) is 0 Å². The molecular weight excluding hydrogens is 436 g/mol. The lowest BCUT2D eigenvalue weighted by Crippen LogP contribution is -2.54. The first-order chi connectivity index (χ1) is 16.5. The van der Waals surface area contributed by atoms with Crippen LogP contribution in [-0.4, -0.2) is 53.8 Å². The van der Waals surface area contributed by atoms with Gasteiger partial charge in [0.05, 0.1) is 11.1 Å². The van der Waals surface area contributed by atoms with E-state index in [4.69, 9.17) is 4.74 Å². The Bertz CT molecular complexity index is 1160. The number of ether oxygens (including phenoxy) is 1. The fourth-order valence-electron chi connectivity index (χ4n) is 4.62. The van der Waals surface area contributed by atoms with Crippen molar-refractivity contribution in [2.75, 3.05) is 18.4 Å². The molecule has 3 heterocycles. The summed E-state index contributed by atoms with van der Waals surface area (Å²) in [6.07, 6.45) is 2.41. The molecule has 0 aromatic heterocycles. The number of carbonyl (C=O) groups is 4. The van der Waals surface area contributed by atoms with E-state index in [1.807, 2.05) is 24.3 Å². The van der Waals surface area contributed by atoms with Crippen molar-refractivity contribution in [3.8, 4) is 5.75 Å². The normalized spacial score (nSPS) is 20.8. The maximum atomic E-state index is 13.0. The third-order valence-corrected chi connectivity index (χ3v) is 6.42. The molecule has 34 heavy (non-hydrogen) atoms. The topological polar surface area (TPSA) is 117 Å². The van der Waals surface area contributed by atoms with Gasteiger partial charge in [0.15, 0.2) is 0 Å². The molecule has 0 spiro atoms. The minimum Gasteiger partial charge on any atom is -0.490 e. The Balaban J connectivity index is 1.26. The van der Waals surface area contributed by atoms with E-state index in [9.17, 15) is 19.2 Å². The molecule has 9 heteroatoms. The van der Waals surface area contributed by atoms with Crippen molar-refractivity contribution < 1.29 is 23.9 Å². The SMILES string of the molecule is O=C1CCC(N2C(=O)c3ccc(CNc4cccc(OC5CCNCC5)c4)cc3C2=O)C(=O)N1. The number of benzene rings is 2. The molecule has 0 aliphatic carbocycles. The molecule has 1 unspecified atom stereocenters. The Morgan fingerprint density at radius 3 is 2.53 bits per heavy atom. The van der Waals surface area contributed by atoms with E-state index in [0.29, 0.717) is 6.54 Å². The van der Waals surface area contributed by atoms with Crippen LogP contribution in [-0.2, 0) is 16.1 Å². The number of nitrogens with one attached hydrogen (secondary N) is 3. The Labute approximate surface area is 196 Å². The first-order valence-electron chi connectivity index (χ1n) is 11.6. The Morgan fingerprint density at radius 2 is 1.74 bits per heavy atom. The molecule has 4 amide bonds. The number of fused-ring (bicyclic) bond motifs is 1. The van der Waals surface area contributed by atoms with Crippen molar-refractivity contribution in [3.05, 3.63) is 59.2 Å². The van der Waals surface area contributed by atoms with Crippen LogP contribution in [0.5, 0.6) is 5.75 Å². The van der Waals surface area contributed by atoms with Crippen LogP contribution in [0.25, 0.3) is 0 Å². The maximum absolute atomic E-state index is 13.0. The summed E-state index contributed by atoms with van der Waals surface area (Å²) in [6.45, 7) is 2.37. The lowest BCUT2D eigenvalue weighted by atomic mass is 10.0. The monoisotopic (exact) mass is 462 g/mol. The molecular formula is C25H26N4O5. The molecule has 1 atom stereocenters. The molecule has 9 nitrogen and oxygen atoms in total. The second-order valence-electron chi connectivity index (χ2n) is 8.78. The number of rotatable bonds is 6. The minimum absolute atomic E-state index is 0.0966. The largest absolute Gasteiger partial charge is 0.490 e. The number of hydrogen-bond acceptors (Lipinski definition) is 7. The first-order valence-corrected chi connectivity index (χ1v) is 11.6. The van der Waals surface area contributed by atoms with Gasteiger partial charge in [0.1, 0.15) is 17.9 Å². The maximum Gasteiger partial charge on any atom is 0.262 e. The zero-order valence-corrected chi connectivity index (χ0v) is 18.6. The van der Waals surface area contributed by atoms with E-state index < -0.39 is 29.7 Å². The van der Waals surface area contributed by atoms with Crippen LogP contribution in [0.2, 0.25) is 0 Å². The Morgan fingerprint density at radius 1 is 0.941 bits per heavy atom. The molecule has 5 rings (SSSR count). The third-order valence-electron chi connectivity index (χ3n) is 6.42. The van der Waals surface area contributed by atoms with Crippen LogP contribution in [0.3, 0.4) is 0 Å². The average Bonchev–Trinajstić information content (AvgIpc) is 3.08. The summed E-state index contributed by atoms with van der Waals surface area (Å²) in [5.74, 6) is -1.20. The number of amides is 4. The van der Waals surface area contributed by atoms with E-state index >= 15 is 0 Å². The van der Waals surface area contributed by atoms with Crippen molar-refractivity contribution in [1.29, 1.82) is 0 Å². The minimum atomic E-state index is -0.964. The molecule has 0 saturated carbocycles. The highest BCUT2D eigenvalue weighted by Crippen LogP contribution is 2.29. The van der Waals surface area contributed by atoms with Crippen molar-refractivity contribution >= 4 is 29.3 Å². The predicted octanol–water partition coefficient (Wildman–Crippen LogP) is 1.83. The average molecular weight is 463 g/mol. The van der Waals surface area contributed by atoms with Gasteiger partial charge in [-0.25, -0.2) is 0 Å². The van der Waals surface area contributed by atoms with Crippen LogP contribution in [0, 0.1) is 0 Å². The molecule has 0 radical (unpaired) electrons. The van der Waals surface area contributed by atoms with Gasteiger partial charge in [-0.3, -0.25) is 29.4 Å². The summed E-state index contributed by atoms with van der Waals surface area (Å²) >= 11 is 0. The van der Waals surface area contributed by atoms with E-state index in [2.05, 4.69) is 16.0 Å². The van der Waals surface area contributed by atoms with Crippen molar-refractivity contribution in [3.63, 3.8) is 0 Å². The zero-order chi connectivity index (χ0) is 23.7. The van der Waals surface area contributed by atoms with E-state index in [1.54, 1.807) is 18.2 Å². The van der Waals surface area contributed by atoms with E-state index in [0.717, 1.165) is 47.8 Å². The molecule has 2 aromatic carbocycles. The van der Waals surface area contributed by atoms with Crippen molar-refractivity contribution in [2.24, 2.45) is 0 Å². The molecule has 0 bridgehead atoms. The fourth-order valence-corrected chi connectivity index (χ4v) is 4.62. The standard InChI is InChI=1S/C25H26N4O5/c30-22-7-6-21(23(31)28-22)29-24(32)19-5-4-15(12-20(19)25(29)33)14-27-16-2-1-3-18(13-16)34-17-8-10-26-11-9-17/h1-5,12-13,17,21,26-27H,6-11,14H2,(H,28,30,31). The summed E-state index contributed by atoms with van der Waals surface area (Å²) in [6, 6.07) is 11.9. The summed E-state index contributed by atoms with van der Waals surface area (Å²) < 4.78 is 6.10. The molecule has 2 saturated heterocycles. The quantitative estimate of drug-likeness (QED) is 0.561. The smallest absolute Gasteiger partial charge is 0.262 e. The molecule has 3 aliphatic rings. The highest BCUT2D eigenvalue weighted by Gasteiger charge is 2.44. The number of anilines is 1. The van der Waals surface area contributed by atoms with Gasteiger partial charge in [-0.1, -0.05) is 12.1 Å². The van der Waals surface area contributed by atoms with Gasteiger partial charge in [-0.15, -0.1) is 0 Å². The van der Waals surface area contributed by atoms with Gasteiger partial charge >= 0.3 is 0 Å². The van der Waals surface area contributed by atoms with Gasteiger partial charge in [0, 0.05) is 24.7 Å². The van der Waals surface area contributed by atoms with Crippen molar-refractivity contribution in [1.82, 2.24) is 15.5 Å². The summed E-state index contributed by atoms with van der Waals surface area (Å²) in [5.41, 5.74) is 2.27. The number of piperidine rings is 2. The summed E-state index contributed by atoms with van der Waals surface area (Å²) in [7, 11) is 0. The Hall–Kier alpha value is -3.72. The number of nitrogens with zero attached hydrogens (tertiary/aromatic N) is 1. The highest BCUT2D eigenvalue weighted by molar-refractivity contribution is 6.23. The molecule has 2 fully saturated rings. The van der Waals surface area contributed by atoms with Crippen LogP contribution in [0.4, 0.5) is 5.69 Å². The molecule has 2 aromatic rings. The number of imide groups is 2. The Kier molecular flexibility index (Phi) is 6.02. The van der Waals surface area contributed by atoms with Gasteiger partial charge in [-0.05, 0) is 62.2 Å². The zero-order valence-electron chi connectivity index (χ0n) is 18.6. The van der Waals surface area contributed by atoms with E-state index in [1.165, 1.54) is 0 Å². The summed E-state index contributed by atoms with van der Waals surface area (Å²) in [4.78, 5) is 50.4. The lowest BCUT2D eigenvalue weighted by molar-refractivity contribution is -0.136. The molecule has 3 aliphatic heterocycles. The van der Waals surface area contributed by atoms with Crippen molar-refractivity contribution in [2.45, 2.75) is 44.4 Å². The fraction of sp³-hybridized carbons (Fsp3) is 0.360. The number of hydrogen-bond donors (Lipinski definition) is 3. The second kappa shape index (κ2) is 9.26. The second-order valence-corrected chi connectivity index (χ2v) is 8.78. The lowest BCUT2D eigenvalue weighted by Gasteiger charge is -2.27. The third kappa shape index (κ3) is 4.38. The van der Waals surface area contributed by atoms with Crippen LogP contribution >= 0.6 is 0 Å². The van der Waals surface area contributed by atoms with Crippen LogP contribution < -0.4 is 20.7 Å². The molecule has 176 valence electrons. The van der Waals surface area contributed by atoms with Gasteiger partial charge in [0.25, 0.3) is 11.8 Å². The highest BCUT2D eigenvalue weighted by atomic mass is 16.5. The first kappa shape index (κ1) is 22.1. The number of carbonyl (C=O) groups excluding carboxylic acids is 4. The molecule has 3 N–H and O–H groups in total. The van der Waals surface area contributed by atoms with Crippen LogP contribution in [0.15, 0.2) is 42.5 Å².